The molecule has 7 heteroatoms. The van der Waals surface area contributed by atoms with Crippen molar-refractivity contribution >= 4 is 17.3 Å². The Bertz CT molecular complexity index is 839. The number of amides is 1. The smallest absolute Gasteiger partial charge is 0.248 e. The fourth-order valence-corrected chi connectivity index (χ4v) is 3.86. The van der Waals surface area contributed by atoms with Gasteiger partial charge in [-0.25, -0.2) is 4.39 Å². The van der Waals surface area contributed by atoms with Crippen LogP contribution in [0, 0.1) is 19.7 Å². The number of aryl methyl sites for hydroxylation is 2. The van der Waals surface area contributed by atoms with Crippen LogP contribution in [-0.4, -0.2) is 53.8 Å². The number of nitrogens with zero attached hydrogens (tertiary/aromatic N) is 4. The monoisotopic (exact) mass is 387 g/mol. The van der Waals surface area contributed by atoms with Gasteiger partial charge in [-0.2, -0.15) is 5.10 Å². The Morgan fingerprint density at radius 1 is 1.25 bits per heavy atom. The van der Waals surface area contributed by atoms with Crippen molar-refractivity contribution < 1.29 is 9.18 Å². The second-order valence-electron chi connectivity index (χ2n) is 7.88. The predicted molar refractivity (Wildman–Crippen MR) is 110 cm³/mol. The van der Waals surface area contributed by atoms with Gasteiger partial charge >= 0.3 is 0 Å². The van der Waals surface area contributed by atoms with Crippen LogP contribution >= 0.6 is 0 Å². The fourth-order valence-electron chi connectivity index (χ4n) is 3.86. The summed E-state index contributed by atoms with van der Waals surface area (Å²) >= 11 is 0. The zero-order valence-corrected chi connectivity index (χ0v) is 17.4. The lowest BCUT2D eigenvalue weighted by atomic mass is 10.0. The number of nitrogens with one attached hydrogen (secondary N) is 1. The minimum absolute atomic E-state index is 0.217. The van der Waals surface area contributed by atoms with E-state index in [1.54, 1.807) is 23.7 Å². The number of carbonyl (C=O) groups is 1. The summed E-state index contributed by atoms with van der Waals surface area (Å²) in [6, 6.07) is 6.93. The topological polar surface area (TPSA) is 53.4 Å². The lowest BCUT2D eigenvalue weighted by Crippen LogP contribution is -2.42. The van der Waals surface area contributed by atoms with Crippen molar-refractivity contribution in [3.05, 3.63) is 41.5 Å². The lowest BCUT2D eigenvalue weighted by molar-refractivity contribution is -0.119. The Kier molecular flexibility index (Phi) is 6.03. The molecule has 1 aromatic carbocycles. The molecule has 1 N–H and O–H groups in total. The van der Waals surface area contributed by atoms with Gasteiger partial charge in [0.25, 0.3) is 0 Å². The molecule has 1 atom stereocenters. The van der Waals surface area contributed by atoms with Crippen molar-refractivity contribution in [2.45, 2.75) is 45.7 Å². The number of piperidine rings is 1. The lowest BCUT2D eigenvalue weighted by Gasteiger charge is -2.36. The minimum Gasteiger partial charge on any atom is -0.369 e. The van der Waals surface area contributed by atoms with Crippen molar-refractivity contribution in [3.8, 4) is 0 Å². The Balaban J connectivity index is 1.66. The summed E-state index contributed by atoms with van der Waals surface area (Å²) in [5.41, 5.74) is 2.85. The average Bonchev–Trinajstić information content (AvgIpc) is 2.99. The summed E-state index contributed by atoms with van der Waals surface area (Å²) in [5, 5.41) is 7.16. The van der Waals surface area contributed by atoms with E-state index in [9.17, 15) is 9.18 Å². The maximum atomic E-state index is 14.7. The van der Waals surface area contributed by atoms with Gasteiger partial charge in [0.2, 0.25) is 5.91 Å². The molecule has 152 valence electrons. The molecule has 1 saturated heterocycles. The standard InChI is InChI=1S/C21H30FN5O/c1-14-12-15(2)27(24-14)16(3)21(28)23-17-6-7-20(19(22)13-17)26-10-8-18(9-11-26)25(4)5/h6-7,12-13,16,18H,8-11H2,1-5H3,(H,23,28). The molecule has 0 saturated carbocycles. The number of hydrogen-bond acceptors (Lipinski definition) is 4. The molecule has 1 aromatic heterocycles. The van der Waals surface area contributed by atoms with Crippen molar-refractivity contribution in [1.29, 1.82) is 0 Å². The molecule has 0 radical (unpaired) electrons. The highest BCUT2D eigenvalue weighted by Crippen LogP contribution is 2.27. The van der Waals surface area contributed by atoms with E-state index in [1.165, 1.54) is 6.07 Å². The molecule has 3 rings (SSSR count). The molecule has 1 aliphatic rings. The van der Waals surface area contributed by atoms with E-state index in [2.05, 4.69) is 34.3 Å². The van der Waals surface area contributed by atoms with Gasteiger partial charge in [0.15, 0.2) is 0 Å². The highest BCUT2D eigenvalue weighted by atomic mass is 19.1. The van der Waals surface area contributed by atoms with Crippen LogP contribution in [0.1, 0.15) is 37.2 Å². The maximum Gasteiger partial charge on any atom is 0.248 e. The summed E-state index contributed by atoms with van der Waals surface area (Å²) in [7, 11) is 4.18. The van der Waals surface area contributed by atoms with Crippen LogP contribution in [0.4, 0.5) is 15.8 Å². The largest absolute Gasteiger partial charge is 0.369 e. The van der Waals surface area contributed by atoms with Gasteiger partial charge < -0.3 is 15.1 Å². The number of halogens is 1. The van der Waals surface area contributed by atoms with E-state index in [-0.39, 0.29) is 11.7 Å². The molecule has 2 heterocycles. The third-order valence-corrected chi connectivity index (χ3v) is 5.54. The van der Waals surface area contributed by atoms with Crippen molar-refractivity contribution in [1.82, 2.24) is 14.7 Å². The highest BCUT2D eigenvalue weighted by molar-refractivity contribution is 5.93. The van der Waals surface area contributed by atoms with Crippen LogP contribution in [-0.2, 0) is 4.79 Å². The molecule has 0 bridgehead atoms. The Morgan fingerprint density at radius 2 is 1.93 bits per heavy atom. The third-order valence-electron chi connectivity index (χ3n) is 5.54. The van der Waals surface area contributed by atoms with Crippen molar-refractivity contribution in [3.63, 3.8) is 0 Å². The molecule has 2 aromatic rings. The van der Waals surface area contributed by atoms with Crippen LogP contribution in [0.3, 0.4) is 0 Å². The number of rotatable bonds is 5. The predicted octanol–water partition coefficient (Wildman–Crippen LogP) is 3.37. The number of anilines is 2. The number of aromatic nitrogens is 2. The van der Waals surface area contributed by atoms with Gasteiger partial charge in [0, 0.05) is 30.5 Å². The maximum absolute atomic E-state index is 14.7. The molecule has 0 spiro atoms. The summed E-state index contributed by atoms with van der Waals surface area (Å²) in [5.74, 6) is -0.523. The van der Waals surface area contributed by atoms with Gasteiger partial charge in [-0.1, -0.05) is 0 Å². The summed E-state index contributed by atoms with van der Waals surface area (Å²) in [4.78, 5) is 16.9. The first kappa shape index (κ1) is 20.3. The number of hydrogen-bond donors (Lipinski definition) is 1. The molecule has 0 aliphatic carbocycles. The molecule has 1 amide bonds. The molecule has 6 nitrogen and oxygen atoms in total. The molecule has 1 unspecified atom stereocenters. The van der Waals surface area contributed by atoms with E-state index >= 15 is 0 Å². The van der Waals surface area contributed by atoms with Crippen LogP contribution in [0.25, 0.3) is 0 Å². The van der Waals surface area contributed by atoms with E-state index in [0.717, 1.165) is 37.3 Å². The van der Waals surface area contributed by atoms with Crippen molar-refractivity contribution in [2.75, 3.05) is 37.4 Å². The van der Waals surface area contributed by atoms with Crippen LogP contribution in [0.2, 0.25) is 0 Å². The first-order valence-corrected chi connectivity index (χ1v) is 9.81. The first-order valence-electron chi connectivity index (χ1n) is 9.81. The second-order valence-corrected chi connectivity index (χ2v) is 7.88. The van der Waals surface area contributed by atoms with E-state index in [1.807, 2.05) is 19.9 Å². The normalized spacial score (nSPS) is 16.5. The summed E-state index contributed by atoms with van der Waals surface area (Å²) in [6.07, 6.45) is 2.04. The van der Waals surface area contributed by atoms with Crippen molar-refractivity contribution in [2.24, 2.45) is 0 Å². The van der Waals surface area contributed by atoms with E-state index in [0.29, 0.717) is 17.4 Å². The zero-order valence-electron chi connectivity index (χ0n) is 17.4. The Morgan fingerprint density at radius 3 is 2.46 bits per heavy atom. The highest BCUT2D eigenvalue weighted by Gasteiger charge is 2.23. The first-order chi connectivity index (χ1) is 13.3. The minimum atomic E-state index is -0.471. The van der Waals surface area contributed by atoms with Gasteiger partial charge in [-0.05, 0) is 72.0 Å². The Labute approximate surface area is 166 Å². The molecule has 1 fully saturated rings. The molecule has 1 aliphatic heterocycles. The fraction of sp³-hybridized carbons (Fsp3) is 0.524. The molecule has 28 heavy (non-hydrogen) atoms. The zero-order chi connectivity index (χ0) is 20.4. The van der Waals surface area contributed by atoms with Crippen LogP contribution in [0.5, 0.6) is 0 Å². The summed E-state index contributed by atoms with van der Waals surface area (Å²) in [6.45, 7) is 7.26. The van der Waals surface area contributed by atoms with Gasteiger partial charge in [-0.15, -0.1) is 0 Å². The molecular formula is C21H30FN5O. The van der Waals surface area contributed by atoms with E-state index < -0.39 is 6.04 Å². The SMILES string of the molecule is Cc1cc(C)n(C(C)C(=O)Nc2ccc(N3CCC(N(C)C)CC3)c(F)c2)n1. The third kappa shape index (κ3) is 4.35. The number of carbonyl (C=O) groups excluding carboxylic acids is 1. The second kappa shape index (κ2) is 8.31. The van der Waals surface area contributed by atoms with Crippen LogP contribution < -0.4 is 10.2 Å². The average molecular weight is 388 g/mol. The van der Waals surface area contributed by atoms with Crippen LogP contribution in [0.15, 0.2) is 24.3 Å². The van der Waals surface area contributed by atoms with Gasteiger partial charge in [0.05, 0.1) is 11.4 Å². The quantitative estimate of drug-likeness (QED) is 0.855. The van der Waals surface area contributed by atoms with Gasteiger partial charge in [-0.3, -0.25) is 9.48 Å². The molecular weight excluding hydrogens is 357 g/mol. The Hall–Kier alpha value is -2.41. The van der Waals surface area contributed by atoms with E-state index in [4.69, 9.17) is 0 Å². The summed E-state index contributed by atoms with van der Waals surface area (Å²) < 4.78 is 16.4. The van der Waals surface area contributed by atoms with Gasteiger partial charge in [0.1, 0.15) is 11.9 Å². The number of benzene rings is 1.